The van der Waals surface area contributed by atoms with Gasteiger partial charge in [-0.3, -0.25) is 0 Å². The maximum atomic E-state index is 5.66. The molecule has 0 N–H and O–H groups in total. The average molecular weight is 317 g/mol. The Morgan fingerprint density at radius 1 is 0.950 bits per heavy atom. The second kappa shape index (κ2) is 6.61. The third-order valence-electron chi connectivity index (χ3n) is 5.58. The van der Waals surface area contributed by atoms with Gasteiger partial charge in [0.05, 0.1) is 0 Å². The summed E-state index contributed by atoms with van der Waals surface area (Å²) in [5.41, 5.74) is 0. The van der Waals surface area contributed by atoms with Crippen LogP contribution in [0.15, 0.2) is 0 Å². The Kier molecular flexibility index (Phi) is 6.07. The maximum absolute atomic E-state index is 5.66. The highest BCUT2D eigenvalue weighted by atomic mass is 28.4. The monoisotopic (exact) mass is 316 g/mol. The van der Waals surface area contributed by atoms with Crippen molar-refractivity contribution in [2.24, 2.45) is 0 Å². The number of piperazine rings is 1. The molecule has 3 nitrogen and oxygen atoms in total. The summed E-state index contributed by atoms with van der Waals surface area (Å²) in [6.07, 6.45) is 0. The van der Waals surface area contributed by atoms with Gasteiger partial charge in [-0.2, -0.15) is 0 Å². The fourth-order valence-electron chi connectivity index (χ4n) is 2.53. The molecule has 0 atom stereocenters. The lowest BCUT2D eigenvalue weighted by molar-refractivity contribution is 0.185. The van der Waals surface area contributed by atoms with E-state index in [0.717, 1.165) is 0 Å². The lowest BCUT2D eigenvalue weighted by Gasteiger charge is -2.49. The molecule has 0 aromatic carbocycles. The summed E-state index contributed by atoms with van der Waals surface area (Å²) in [6, 6.07) is 1.25. The van der Waals surface area contributed by atoms with Crippen LogP contribution in [0.2, 0.25) is 37.3 Å². The van der Waals surface area contributed by atoms with Gasteiger partial charge in [-0.05, 0) is 30.7 Å². The predicted octanol–water partition coefficient (Wildman–Crippen LogP) is 3.46. The third kappa shape index (κ3) is 4.66. The first kappa shape index (κ1) is 18.4. The van der Waals surface area contributed by atoms with Gasteiger partial charge in [0.1, 0.15) is 8.24 Å². The van der Waals surface area contributed by atoms with Gasteiger partial charge in [-0.1, -0.05) is 33.9 Å². The van der Waals surface area contributed by atoms with Crippen LogP contribution in [0.5, 0.6) is 0 Å². The van der Waals surface area contributed by atoms with E-state index in [-0.39, 0.29) is 0 Å². The molecule has 120 valence electrons. The van der Waals surface area contributed by atoms with Crippen LogP contribution in [0.4, 0.5) is 0 Å². The van der Waals surface area contributed by atoms with E-state index in [2.05, 4.69) is 56.4 Å². The number of hydrogen-bond donors (Lipinski definition) is 0. The molecule has 1 aliphatic heterocycles. The van der Waals surface area contributed by atoms with Gasteiger partial charge in [0.2, 0.25) is 0 Å². The Balaban J connectivity index is 2.45. The van der Waals surface area contributed by atoms with E-state index in [1.54, 1.807) is 0 Å². The van der Waals surface area contributed by atoms with Crippen LogP contribution in [-0.2, 0) is 4.43 Å². The second-order valence-corrected chi connectivity index (χ2v) is 18.0. The van der Waals surface area contributed by atoms with Gasteiger partial charge in [-0.25, -0.2) is 0 Å². The molecule has 0 aliphatic carbocycles. The van der Waals surface area contributed by atoms with Crippen molar-refractivity contribution >= 4 is 16.6 Å². The summed E-state index contributed by atoms with van der Waals surface area (Å²) in [6.45, 7) is 23.1. The predicted molar refractivity (Wildman–Crippen MR) is 94.5 cm³/mol. The summed E-state index contributed by atoms with van der Waals surface area (Å²) < 4.78 is 8.47. The van der Waals surface area contributed by atoms with Crippen LogP contribution in [0, 0.1) is 0 Å². The molecular weight excluding hydrogens is 280 g/mol. The molecule has 0 amide bonds. The molecule has 0 spiro atoms. The molecule has 0 bridgehead atoms. The minimum absolute atomic E-state index is 0.458. The zero-order valence-electron chi connectivity index (χ0n) is 15.0. The van der Waals surface area contributed by atoms with Crippen molar-refractivity contribution < 1.29 is 4.43 Å². The normalized spacial score (nSPS) is 20.4. The van der Waals surface area contributed by atoms with Crippen LogP contribution in [-0.4, -0.2) is 65.9 Å². The molecule has 20 heavy (non-hydrogen) atoms. The standard InChI is InChI=1S/C15H36N2OSi2/c1-15(2,3)20(7,8)17-11-9-16(10-12-17)13-14-19(5,6)18-4/h9-14H2,1-8H3. The molecule has 0 saturated carbocycles. The Bertz CT molecular complexity index is 305. The zero-order valence-corrected chi connectivity index (χ0v) is 17.0. The van der Waals surface area contributed by atoms with Crippen molar-refractivity contribution in [2.75, 3.05) is 39.8 Å². The molecular formula is C15H36N2OSi2. The van der Waals surface area contributed by atoms with E-state index < -0.39 is 16.6 Å². The van der Waals surface area contributed by atoms with Crippen molar-refractivity contribution in [3.63, 3.8) is 0 Å². The summed E-state index contributed by atoms with van der Waals surface area (Å²) >= 11 is 0. The highest BCUT2D eigenvalue weighted by Gasteiger charge is 2.41. The van der Waals surface area contributed by atoms with E-state index in [9.17, 15) is 0 Å². The molecule has 1 aliphatic rings. The van der Waals surface area contributed by atoms with Crippen molar-refractivity contribution in [1.29, 1.82) is 0 Å². The first-order valence-corrected chi connectivity index (χ1v) is 14.1. The Labute approximate surface area is 128 Å². The van der Waals surface area contributed by atoms with Crippen LogP contribution in [0.3, 0.4) is 0 Å². The molecule has 1 heterocycles. The minimum atomic E-state index is -1.39. The van der Waals surface area contributed by atoms with Gasteiger partial charge in [-0.15, -0.1) is 0 Å². The van der Waals surface area contributed by atoms with Gasteiger partial charge in [0.25, 0.3) is 0 Å². The minimum Gasteiger partial charge on any atom is -0.420 e. The fraction of sp³-hybridized carbons (Fsp3) is 1.00. The largest absolute Gasteiger partial charge is 0.420 e. The SMILES string of the molecule is CO[Si](C)(C)CCN1CCN([Si](C)(C)C(C)(C)C)CC1. The third-order valence-corrected chi connectivity index (χ3v) is 13.8. The Morgan fingerprint density at radius 3 is 1.85 bits per heavy atom. The zero-order chi connectivity index (χ0) is 15.6. The van der Waals surface area contributed by atoms with Crippen molar-refractivity contribution in [3.05, 3.63) is 0 Å². The molecule has 1 saturated heterocycles. The van der Waals surface area contributed by atoms with E-state index in [1.165, 1.54) is 38.8 Å². The first-order chi connectivity index (χ1) is 8.99. The molecule has 0 unspecified atom stereocenters. The van der Waals surface area contributed by atoms with Crippen LogP contribution >= 0.6 is 0 Å². The maximum Gasteiger partial charge on any atom is 0.187 e. The highest BCUT2D eigenvalue weighted by Crippen LogP contribution is 2.38. The Hall–Kier alpha value is 0.314. The summed E-state index contributed by atoms with van der Waals surface area (Å²) in [5, 5.41) is 0.458. The van der Waals surface area contributed by atoms with E-state index in [4.69, 9.17) is 4.43 Å². The summed E-state index contributed by atoms with van der Waals surface area (Å²) in [7, 11) is -0.824. The number of nitrogens with zero attached hydrogens (tertiary/aromatic N) is 2. The van der Waals surface area contributed by atoms with Gasteiger partial charge in [0, 0.05) is 33.3 Å². The van der Waals surface area contributed by atoms with Gasteiger partial charge >= 0.3 is 0 Å². The van der Waals surface area contributed by atoms with Gasteiger partial charge in [0.15, 0.2) is 8.32 Å². The quantitative estimate of drug-likeness (QED) is 0.722. The molecule has 0 aromatic heterocycles. The van der Waals surface area contributed by atoms with Crippen molar-refractivity contribution in [1.82, 2.24) is 9.47 Å². The first-order valence-electron chi connectivity index (χ1n) is 8.02. The summed E-state index contributed by atoms with van der Waals surface area (Å²) in [4.78, 5) is 2.64. The van der Waals surface area contributed by atoms with E-state index >= 15 is 0 Å². The smallest absolute Gasteiger partial charge is 0.187 e. The van der Waals surface area contributed by atoms with Crippen LogP contribution in [0.25, 0.3) is 0 Å². The molecule has 0 radical (unpaired) electrons. The molecule has 1 fully saturated rings. The molecule has 5 heteroatoms. The van der Waals surface area contributed by atoms with Crippen molar-refractivity contribution in [2.45, 2.75) is 58.0 Å². The number of hydrogen-bond acceptors (Lipinski definition) is 3. The lowest BCUT2D eigenvalue weighted by atomic mass is 10.2. The summed E-state index contributed by atoms with van der Waals surface area (Å²) in [5.74, 6) is 0. The topological polar surface area (TPSA) is 15.7 Å². The molecule has 0 aromatic rings. The van der Waals surface area contributed by atoms with E-state index in [1.807, 2.05) is 7.11 Å². The highest BCUT2D eigenvalue weighted by molar-refractivity contribution is 6.77. The average Bonchev–Trinajstić information content (AvgIpc) is 2.36. The van der Waals surface area contributed by atoms with Crippen LogP contribution < -0.4 is 0 Å². The van der Waals surface area contributed by atoms with Crippen LogP contribution in [0.1, 0.15) is 20.8 Å². The second-order valence-electron chi connectivity index (χ2n) is 8.35. The van der Waals surface area contributed by atoms with Crippen molar-refractivity contribution in [3.8, 4) is 0 Å². The fourth-order valence-corrected chi connectivity index (χ4v) is 5.86. The molecule has 1 rings (SSSR count). The number of rotatable bonds is 5. The Morgan fingerprint density at radius 2 is 1.45 bits per heavy atom. The van der Waals surface area contributed by atoms with E-state index in [0.29, 0.717) is 5.04 Å². The lowest BCUT2D eigenvalue weighted by Crippen LogP contribution is -2.61. The van der Waals surface area contributed by atoms with Gasteiger partial charge < -0.3 is 13.9 Å².